The Balaban J connectivity index is 1.82. The number of hydrogen-bond donors (Lipinski definition) is 1. The Morgan fingerprint density at radius 3 is 2.54 bits per heavy atom. The molecule has 2 saturated heterocycles. The van der Waals surface area contributed by atoms with E-state index in [0.717, 1.165) is 0 Å². The quantitative estimate of drug-likeness (QED) is 0.720. The van der Waals surface area contributed by atoms with Crippen LogP contribution in [0.5, 0.6) is 0 Å². The highest BCUT2D eigenvalue weighted by Crippen LogP contribution is 2.34. The lowest BCUT2D eigenvalue weighted by molar-refractivity contribution is 0.0958. The fraction of sp³-hybridized carbons (Fsp3) is 1.00. The van der Waals surface area contributed by atoms with Crippen molar-refractivity contribution >= 4 is 0 Å². The number of rotatable bonds is 4. The van der Waals surface area contributed by atoms with Gasteiger partial charge in [0.25, 0.3) is 0 Å². The molecule has 0 radical (unpaired) electrons. The molecule has 2 fully saturated rings. The summed E-state index contributed by atoms with van der Waals surface area (Å²) >= 11 is 0. The fourth-order valence-electron chi connectivity index (χ4n) is 2.64. The van der Waals surface area contributed by atoms with Crippen LogP contribution in [0.2, 0.25) is 0 Å². The first-order chi connectivity index (χ1) is 6.33. The summed E-state index contributed by atoms with van der Waals surface area (Å²) in [6.07, 6.45) is 7.42. The highest BCUT2D eigenvalue weighted by atomic mass is 16.5. The van der Waals surface area contributed by atoms with E-state index < -0.39 is 0 Å². The third-order valence-electron chi connectivity index (χ3n) is 3.54. The van der Waals surface area contributed by atoms with E-state index in [2.05, 4.69) is 19.2 Å². The average molecular weight is 183 g/mol. The maximum atomic E-state index is 5.81. The Morgan fingerprint density at radius 2 is 2.08 bits per heavy atom. The summed E-state index contributed by atoms with van der Waals surface area (Å²) in [7, 11) is 0. The molecule has 0 amide bonds. The molecule has 76 valence electrons. The molecule has 0 spiro atoms. The normalized spacial score (nSPS) is 37.6. The van der Waals surface area contributed by atoms with Gasteiger partial charge >= 0.3 is 0 Å². The van der Waals surface area contributed by atoms with Crippen molar-refractivity contribution in [3.63, 3.8) is 0 Å². The summed E-state index contributed by atoms with van der Waals surface area (Å²) in [5.74, 6) is 0. The molecule has 13 heavy (non-hydrogen) atoms. The lowest BCUT2D eigenvalue weighted by atomic mass is 9.94. The highest BCUT2D eigenvalue weighted by molar-refractivity contribution is 4.94. The number of hydrogen-bond acceptors (Lipinski definition) is 2. The van der Waals surface area contributed by atoms with Crippen LogP contribution in [0.25, 0.3) is 0 Å². The maximum Gasteiger partial charge on any atom is 0.0733 e. The van der Waals surface area contributed by atoms with E-state index >= 15 is 0 Å². The van der Waals surface area contributed by atoms with Crippen molar-refractivity contribution in [2.45, 2.75) is 70.2 Å². The van der Waals surface area contributed by atoms with Crippen molar-refractivity contribution < 1.29 is 4.74 Å². The van der Waals surface area contributed by atoms with Gasteiger partial charge in [-0.05, 0) is 32.1 Å². The van der Waals surface area contributed by atoms with E-state index in [0.29, 0.717) is 24.3 Å². The van der Waals surface area contributed by atoms with Gasteiger partial charge in [0.2, 0.25) is 0 Å². The van der Waals surface area contributed by atoms with E-state index in [4.69, 9.17) is 4.74 Å². The third kappa shape index (κ3) is 1.89. The summed E-state index contributed by atoms with van der Waals surface area (Å²) in [6, 6.07) is 1.36. The van der Waals surface area contributed by atoms with Crippen molar-refractivity contribution in [2.24, 2.45) is 0 Å². The Kier molecular flexibility index (Phi) is 2.89. The third-order valence-corrected chi connectivity index (χ3v) is 3.54. The monoisotopic (exact) mass is 183 g/mol. The smallest absolute Gasteiger partial charge is 0.0733 e. The predicted molar refractivity (Wildman–Crippen MR) is 53.8 cm³/mol. The Labute approximate surface area is 81.0 Å². The molecule has 2 heterocycles. The highest BCUT2D eigenvalue weighted by Gasteiger charge is 2.40. The largest absolute Gasteiger partial charge is 0.373 e. The van der Waals surface area contributed by atoms with Gasteiger partial charge in [0.05, 0.1) is 12.2 Å². The fourth-order valence-corrected chi connectivity index (χ4v) is 2.64. The second-order valence-corrected chi connectivity index (χ2v) is 4.40. The molecule has 0 aromatic heterocycles. The first-order valence-electron chi connectivity index (χ1n) is 5.75. The molecule has 2 aliphatic rings. The SMILES string of the molecule is CCC(CC)NC1CC2CCC1O2. The van der Waals surface area contributed by atoms with Crippen molar-refractivity contribution in [1.82, 2.24) is 5.32 Å². The zero-order valence-electron chi connectivity index (χ0n) is 8.75. The van der Waals surface area contributed by atoms with Gasteiger partial charge in [-0.1, -0.05) is 13.8 Å². The van der Waals surface area contributed by atoms with Crippen LogP contribution in [-0.4, -0.2) is 24.3 Å². The predicted octanol–water partition coefficient (Wildman–Crippen LogP) is 2.08. The average Bonchev–Trinajstić information content (AvgIpc) is 2.75. The first kappa shape index (κ1) is 9.47. The summed E-state index contributed by atoms with van der Waals surface area (Å²) in [6.45, 7) is 4.52. The van der Waals surface area contributed by atoms with E-state index in [1.165, 1.54) is 32.1 Å². The van der Waals surface area contributed by atoms with Crippen LogP contribution in [0.1, 0.15) is 46.0 Å². The lowest BCUT2D eigenvalue weighted by Gasteiger charge is -2.25. The van der Waals surface area contributed by atoms with Gasteiger partial charge in [-0.15, -0.1) is 0 Å². The molecule has 2 bridgehead atoms. The molecule has 2 rings (SSSR count). The van der Waals surface area contributed by atoms with Gasteiger partial charge in [0.15, 0.2) is 0 Å². The van der Waals surface area contributed by atoms with Crippen LogP contribution in [0, 0.1) is 0 Å². The van der Waals surface area contributed by atoms with Gasteiger partial charge in [-0.3, -0.25) is 0 Å². The summed E-state index contributed by atoms with van der Waals surface area (Å²) < 4.78 is 5.81. The molecule has 0 aromatic carbocycles. The van der Waals surface area contributed by atoms with Gasteiger partial charge < -0.3 is 10.1 Å². The summed E-state index contributed by atoms with van der Waals surface area (Å²) in [4.78, 5) is 0. The minimum Gasteiger partial charge on any atom is -0.373 e. The van der Waals surface area contributed by atoms with Crippen LogP contribution >= 0.6 is 0 Å². The molecule has 2 aliphatic heterocycles. The van der Waals surface area contributed by atoms with Crippen LogP contribution in [0.3, 0.4) is 0 Å². The maximum absolute atomic E-state index is 5.81. The second-order valence-electron chi connectivity index (χ2n) is 4.40. The Hall–Kier alpha value is -0.0800. The van der Waals surface area contributed by atoms with Gasteiger partial charge in [0, 0.05) is 12.1 Å². The van der Waals surface area contributed by atoms with Crippen LogP contribution in [0.15, 0.2) is 0 Å². The molecule has 3 atom stereocenters. The molecule has 3 unspecified atom stereocenters. The molecule has 0 aromatic rings. The Bertz CT molecular complexity index is 167. The van der Waals surface area contributed by atoms with E-state index in [9.17, 15) is 0 Å². The Morgan fingerprint density at radius 1 is 1.31 bits per heavy atom. The van der Waals surface area contributed by atoms with Crippen molar-refractivity contribution in [3.05, 3.63) is 0 Å². The number of fused-ring (bicyclic) bond motifs is 2. The summed E-state index contributed by atoms with van der Waals surface area (Å²) in [5, 5.41) is 3.72. The minimum atomic E-state index is 0.533. The van der Waals surface area contributed by atoms with Crippen molar-refractivity contribution in [3.8, 4) is 0 Å². The second kappa shape index (κ2) is 3.97. The zero-order chi connectivity index (χ0) is 9.26. The topological polar surface area (TPSA) is 21.3 Å². The standard InChI is InChI=1S/C11H21NO/c1-3-8(4-2)12-10-7-9-5-6-11(10)13-9/h8-12H,3-7H2,1-2H3. The molecule has 0 saturated carbocycles. The number of nitrogens with one attached hydrogen (secondary N) is 1. The molecular formula is C11H21NO. The van der Waals surface area contributed by atoms with E-state index in [1.54, 1.807) is 0 Å². The van der Waals surface area contributed by atoms with Gasteiger partial charge in [-0.2, -0.15) is 0 Å². The zero-order valence-corrected chi connectivity index (χ0v) is 8.75. The van der Waals surface area contributed by atoms with Crippen molar-refractivity contribution in [1.29, 1.82) is 0 Å². The molecular weight excluding hydrogens is 162 g/mol. The van der Waals surface area contributed by atoms with Gasteiger partial charge in [0.1, 0.15) is 0 Å². The summed E-state index contributed by atoms with van der Waals surface area (Å²) in [5.41, 5.74) is 0. The van der Waals surface area contributed by atoms with E-state index in [1.807, 2.05) is 0 Å². The molecule has 0 aliphatic carbocycles. The van der Waals surface area contributed by atoms with Crippen LogP contribution in [0.4, 0.5) is 0 Å². The first-order valence-corrected chi connectivity index (χ1v) is 5.75. The van der Waals surface area contributed by atoms with Crippen LogP contribution in [-0.2, 0) is 4.74 Å². The molecule has 2 nitrogen and oxygen atoms in total. The minimum absolute atomic E-state index is 0.533. The number of ether oxygens (including phenoxy) is 1. The van der Waals surface area contributed by atoms with Crippen molar-refractivity contribution in [2.75, 3.05) is 0 Å². The van der Waals surface area contributed by atoms with E-state index in [-0.39, 0.29) is 0 Å². The lowest BCUT2D eigenvalue weighted by Crippen LogP contribution is -2.43. The van der Waals surface area contributed by atoms with Crippen LogP contribution < -0.4 is 5.32 Å². The molecule has 1 N–H and O–H groups in total. The molecule has 2 heteroatoms. The van der Waals surface area contributed by atoms with Gasteiger partial charge in [-0.25, -0.2) is 0 Å².